The van der Waals surface area contributed by atoms with Crippen molar-refractivity contribution in [3.63, 3.8) is 0 Å². The summed E-state index contributed by atoms with van der Waals surface area (Å²) in [6.45, 7) is 4.49. The highest BCUT2D eigenvalue weighted by Crippen LogP contribution is 1.98. The molecule has 5 heteroatoms. The Hall–Kier alpha value is -2.32. The van der Waals surface area contributed by atoms with Crippen molar-refractivity contribution in [2.45, 2.75) is 19.8 Å². The zero-order valence-corrected chi connectivity index (χ0v) is 13.0. The second-order valence-corrected chi connectivity index (χ2v) is 4.67. The number of amides is 1. The number of hydrogen-bond donors (Lipinski definition) is 2. The van der Waals surface area contributed by atoms with E-state index in [4.69, 9.17) is 10.00 Å². The Balaban J connectivity index is 2.27. The molecule has 2 N–H and O–H groups in total. The van der Waals surface area contributed by atoms with Gasteiger partial charge in [-0.3, -0.25) is 4.79 Å². The third-order valence-corrected chi connectivity index (χ3v) is 2.97. The summed E-state index contributed by atoms with van der Waals surface area (Å²) in [4.78, 5) is 11.9. The summed E-state index contributed by atoms with van der Waals surface area (Å²) in [6, 6.07) is 11.8. The third kappa shape index (κ3) is 7.46. The molecule has 0 aromatic heterocycles. The summed E-state index contributed by atoms with van der Waals surface area (Å²) >= 11 is 0. The van der Waals surface area contributed by atoms with Crippen molar-refractivity contribution in [1.29, 1.82) is 5.26 Å². The number of benzene rings is 1. The summed E-state index contributed by atoms with van der Waals surface area (Å²) in [5.41, 5.74) is 1.24. The largest absolute Gasteiger partial charge is 0.390 e. The van der Waals surface area contributed by atoms with Crippen molar-refractivity contribution in [3.05, 3.63) is 47.7 Å². The van der Waals surface area contributed by atoms with Gasteiger partial charge >= 0.3 is 0 Å². The van der Waals surface area contributed by atoms with Gasteiger partial charge in [0.05, 0.1) is 0 Å². The molecule has 118 valence electrons. The van der Waals surface area contributed by atoms with Crippen LogP contribution in [-0.2, 0) is 16.0 Å². The quantitative estimate of drug-likeness (QED) is 0.392. The first-order valence-electron chi connectivity index (χ1n) is 7.51. The Morgan fingerprint density at radius 3 is 2.77 bits per heavy atom. The van der Waals surface area contributed by atoms with Gasteiger partial charge in [-0.15, -0.1) is 0 Å². The minimum absolute atomic E-state index is 0.0875. The molecule has 0 atom stereocenters. The van der Waals surface area contributed by atoms with Crippen LogP contribution >= 0.6 is 0 Å². The molecule has 0 saturated heterocycles. The molecule has 0 aliphatic carbocycles. The van der Waals surface area contributed by atoms with Gasteiger partial charge in [-0.2, -0.15) is 5.26 Å². The van der Waals surface area contributed by atoms with Crippen LogP contribution in [0, 0.1) is 11.3 Å². The lowest BCUT2D eigenvalue weighted by Crippen LogP contribution is -2.27. The van der Waals surface area contributed by atoms with Crippen molar-refractivity contribution in [2.24, 2.45) is 0 Å². The molecule has 0 aliphatic heterocycles. The Bertz CT molecular complexity index is 506. The number of nitrogens with one attached hydrogen (secondary N) is 2. The van der Waals surface area contributed by atoms with Gasteiger partial charge in [0.15, 0.2) is 0 Å². The zero-order valence-electron chi connectivity index (χ0n) is 13.0. The van der Waals surface area contributed by atoms with Crippen LogP contribution in [0.5, 0.6) is 0 Å². The van der Waals surface area contributed by atoms with Crippen LogP contribution in [0.1, 0.15) is 18.9 Å². The van der Waals surface area contributed by atoms with Crippen molar-refractivity contribution in [1.82, 2.24) is 10.6 Å². The Morgan fingerprint density at radius 1 is 1.32 bits per heavy atom. The molecule has 1 aromatic carbocycles. The smallest absolute Gasteiger partial charge is 0.263 e. The van der Waals surface area contributed by atoms with E-state index in [9.17, 15) is 4.79 Å². The van der Waals surface area contributed by atoms with Gasteiger partial charge in [0.25, 0.3) is 5.91 Å². The van der Waals surface area contributed by atoms with Gasteiger partial charge in [0.2, 0.25) is 0 Å². The van der Waals surface area contributed by atoms with E-state index in [0.717, 1.165) is 18.4 Å². The second-order valence-electron chi connectivity index (χ2n) is 4.67. The minimum Gasteiger partial charge on any atom is -0.390 e. The van der Waals surface area contributed by atoms with Crippen molar-refractivity contribution in [3.8, 4) is 6.07 Å². The predicted octanol–water partition coefficient (Wildman–Crippen LogP) is 1.77. The molecule has 0 saturated carbocycles. The monoisotopic (exact) mass is 301 g/mol. The molecular weight excluding hydrogens is 278 g/mol. The van der Waals surface area contributed by atoms with Crippen LogP contribution in [0.2, 0.25) is 0 Å². The average molecular weight is 301 g/mol. The molecule has 0 heterocycles. The highest BCUT2D eigenvalue weighted by atomic mass is 16.5. The minimum atomic E-state index is -0.351. The molecule has 0 spiro atoms. The second kappa shape index (κ2) is 11.4. The van der Waals surface area contributed by atoms with Crippen LogP contribution in [0.4, 0.5) is 0 Å². The molecule has 0 radical (unpaired) electrons. The van der Waals surface area contributed by atoms with Gasteiger partial charge in [0, 0.05) is 32.5 Å². The maximum atomic E-state index is 11.9. The fraction of sp³-hybridized carbons (Fsp3) is 0.412. The fourth-order valence-corrected chi connectivity index (χ4v) is 1.80. The fourth-order valence-electron chi connectivity index (χ4n) is 1.80. The van der Waals surface area contributed by atoms with Crippen LogP contribution in [-0.4, -0.2) is 32.2 Å². The predicted molar refractivity (Wildman–Crippen MR) is 86.0 cm³/mol. The standard InChI is InChI=1S/C17H23N3O2/c1-2-22-12-6-10-19-14-16(13-18)17(21)20-11-9-15-7-4-3-5-8-15/h3-5,7-8,14,19H,2,6,9-12H2,1H3,(H,20,21)/b16-14-. The summed E-state index contributed by atoms with van der Waals surface area (Å²) in [5, 5.41) is 14.7. The van der Waals surface area contributed by atoms with Crippen molar-refractivity contribution < 1.29 is 9.53 Å². The average Bonchev–Trinajstić information content (AvgIpc) is 2.55. The topological polar surface area (TPSA) is 74.1 Å². The number of rotatable bonds is 10. The number of nitrogens with zero attached hydrogens (tertiary/aromatic N) is 1. The Labute approximate surface area is 132 Å². The third-order valence-electron chi connectivity index (χ3n) is 2.97. The van der Waals surface area contributed by atoms with E-state index < -0.39 is 0 Å². The summed E-state index contributed by atoms with van der Waals surface area (Å²) < 4.78 is 5.20. The van der Waals surface area contributed by atoms with Gasteiger partial charge in [-0.1, -0.05) is 30.3 Å². The Morgan fingerprint density at radius 2 is 2.09 bits per heavy atom. The summed E-state index contributed by atoms with van der Waals surface area (Å²) in [5.74, 6) is -0.351. The number of hydrogen-bond acceptors (Lipinski definition) is 4. The number of ether oxygens (including phenoxy) is 1. The first-order chi connectivity index (χ1) is 10.8. The normalized spacial score (nSPS) is 10.8. The van der Waals surface area contributed by atoms with Crippen LogP contribution in [0.25, 0.3) is 0 Å². The Kier molecular flexibility index (Phi) is 9.15. The summed E-state index contributed by atoms with van der Waals surface area (Å²) in [6.07, 6.45) is 3.04. The molecule has 1 amide bonds. The van der Waals surface area contributed by atoms with E-state index in [0.29, 0.717) is 26.3 Å². The van der Waals surface area contributed by atoms with Gasteiger partial charge in [0.1, 0.15) is 11.6 Å². The molecule has 1 aromatic rings. The molecule has 22 heavy (non-hydrogen) atoms. The molecular formula is C17H23N3O2. The van der Waals surface area contributed by atoms with E-state index in [-0.39, 0.29) is 11.5 Å². The molecule has 0 bridgehead atoms. The van der Waals surface area contributed by atoms with E-state index >= 15 is 0 Å². The van der Waals surface area contributed by atoms with E-state index in [1.165, 1.54) is 6.20 Å². The van der Waals surface area contributed by atoms with Crippen LogP contribution in [0.3, 0.4) is 0 Å². The van der Waals surface area contributed by atoms with Crippen LogP contribution < -0.4 is 10.6 Å². The maximum Gasteiger partial charge on any atom is 0.263 e. The van der Waals surface area contributed by atoms with Crippen molar-refractivity contribution in [2.75, 3.05) is 26.3 Å². The lowest BCUT2D eigenvalue weighted by Gasteiger charge is -2.05. The molecule has 5 nitrogen and oxygen atoms in total. The van der Waals surface area contributed by atoms with E-state index in [2.05, 4.69) is 10.6 Å². The maximum absolute atomic E-state index is 11.9. The number of carbonyl (C=O) groups is 1. The number of nitriles is 1. The number of carbonyl (C=O) groups excluding carboxylic acids is 1. The first kappa shape index (κ1) is 17.7. The molecule has 1 rings (SSSR count). The van der Waals surface area contributed by atoms with Crippen LogP contribution in [0.15, 0.2) is 42.1 Å². The highest BCUT2D eigenvalue weighted by Gasteiger charge is 2.07. The molecule has 0 aliphatic rings. The van der Waals surface area contributed by atoms with E-state index in [1.54, 1.807) is 0 Å². The lowest BCUT2D eigenvalue weighted by molar-refractivity contribution is -0.117. The van der Waals surface area contributed by atoms with Gasteiger partial charge in [-0.25, -0.2) is 0 Å². The van der Waals surface area contributed by atoms with Crippen molar-refractivity contribution >= 4 is 5.91 Å². The molecule has 0 unspecified atom stereocenters. The van der Waals surface area contributed by atoms with Gasteiger partial charge in [-0.05, 0) is 25.3 Å². The lowest BCUT2D eigenvalue weighted by atomic mass is 10.1. The SMILES string of the molecule is CCOCCCN/C=C(/C#N)C(=O)NCCc1ccccc1. The zero-order chi connectivity index (χ0) is 16.0. The van der Waals surface area contributed by atoms with E-state index in [1.807, 2.05) is 43.3 Å². The highest BCUT2D eigenvalue weighted by molar-refractivity contribution is 5.97. The first-order valence-corrected chi connectivity index (χ1v) is 7.51. The van der Waals surface area contributed by atoms with Gasteiger partial charge < -0.3 is 15.4 Å². The summed E-state index contributed by atoms with van der Waals surface area (Å²) in [7, 11) is 0. The molecule has 0 fully saturated rings.